The highest BCUT2D eigenvalue weighted by molar-refractivity contribution is 7.93. The first-order chi connectivity index (χ1) is 30.7. The molecule has 64 heavy (non-hydrogen) atoms. The number of imidazole rings is 1. The van der Waals surface area contributed by atoms with Gasteiger partial charge in [0.05, 0.1) is 27.1 Å². The van der Waals surface area contributed by atoms with Crippen LogP contribution in [-0.4, -0.2) is 83.3 Å². The topological polar surface area (TPSA) is 188 Å². The van der Waals surface area contributed by atoms with E-state index < -0.39 is 32.8 Å². The SMILES string of the molecule is CCS(=O)(=NC)c1ccc(-n2ccn(C(=Nc3cc(C)c(F)c(C)c3)C3=C(N)CCN(C(=O)c4cc5cc(C6CCOCC6)ccc5n4[C@@]4(c5noc(=O)[nH]5)C[C@@H]4C)[C@H]3C)c2=O)cc1. The number of nitrogens with zero attached hydrogens (tertiary/aromatic N) is 7. The van der Waals surface area contributed by atoms with Gasteiger partial charge >= 0.3 is 11.4 Å². The second-order valence-corrected chi connectivity index (χ2v) is 19.9. The number of benzene rings is 3. The molecule has 4 atom stereocenters. The molecule has 9 rings (SSSR count). The molecule has 0 radical (unpaired) electrons. The van der Waals surface area contributed by atoms with Gasteiger partial charge in [-0.2, -0.15) is 0 Å². The molecule has 17 heteroatoms. The third-order valence-electron chi connectivity index (χ3n) is 13.4. The number of amides is 1. The van der Waals surface area contributed by atoms with Crippen molar-refractivity contribution in [1.29, 1.82) is 0 Å². The van der Waals surface area contributed by atoms with Crippen LogP contribution in [0, 0.1) is 25.6 Å². The quantitative estimate of drug-likeness (QED) is 0.116. The lowest BCUT2D eigenvalue weighted by molar-refractivity contribution is 0.0697. The molecule has 0 spiro atoms. The Balaban J connectivity index is 1.16. The number of carbonyl (C=O) groups is 1. The Kier molecular flexibility index (Phi) is 11.0. The maximum atomic E-state index is 15.4. The first-order valence-corrected chi connectivity index (χ1v) is 23.4. The number of aromatic nitrogens is 5. The molecule has 0 bridgehead atoms. The van der Waals surface area contributed by atoms with Crippen LogP contribution in [0.5, 0.6) is 0 Å². The van der Waals surface area contributed by atoms with Gasteiger partial charge in [-0.25, -0.2) is 27.5 Å². The number of aliphatic imine (C=N–C) groups is 1. The molecule has 15 nitrogen and oxygen atoms in total. The van der Waals surface area contributed by atoms with Gasteiger partial charge in [-0.15, -0.1) is 0 Å². The number of hydrogen-bond donors (Lipinski definition) is 2. The number of ether oxygens (including phenoxy) is 1. The van der Waals surface area contributed by atoms with Crippen LogP contribution in [-0.2, 0) is 20.0 Å². The van der Waals surface area contributed by atoms with Gasteiger partial charge in [0.15, 0.2) is 5.82 Å². The van der Waals surface area contributed by atoms with E-state index in [9.17, 15) is 18.2 Å². The highest BCUT2D eigenvalue weighted by atomic mass is 32.2. The maximum Gasteiger partial charge on any atom is 0.438 e. The summed E-state index contributed by atoms with van der Waals surface area (Å²) in [4.78, 5) is 52.5. The monoisotopic (exact) mass is 889 g/mol. The van der Waals surface area contributed by atoms with E-state index in [0.717, 1.165) is 23.7 Å². The Labute approximate surface area is 369 Å². The minimum atomic E-state index is -2.60. The summed E-state index contributed by atoms with van der Waals surface area (Å²) < 4.78 is 47.9. The summed E-state index contributed by atoms with van der Waals surface area (Å²) in [5, 5.41) is 5.03. The smallest absolute Gasteiger partial charge is 0.402 e. The van der Waals surface area contributed by atoms with E-state index in [-0.39, 0.29) is 36.4 Å². The van der Waals surface area contributed by atoms with Crippen LogP contribution < -0.4 is 17.2 Å². The number of aromatic amines is 1. The Morgan fingerprint density at radius 2 is 1.73 bits per heavy atom. The minimum absolute atomic E-state index is 0.00121. The van der Waals surface area contributed by atoms with Crippen LogP contribution in [0.15, 0.2) is 113 Å². The molecular weight excluding hydrogens is 838 g/mol. The van der Waals surface area contributed by atoms with Crippen molar-refractivity contribution in [2.75, 3.05) is 32.6 Å². The van der Waals surface area contributed by atoms with Gasteiger partial charge in [-0.3, -0.25) is 23.4 Å². The summed E-state index contributed by atoms with van der Waals surface area (Å²) in [6.07, 6.45) is 5.88. The molecule has 5 heterocycles. The van der Waals surface area contributed by atoms with Crippen molar-refractivity contribution in [2.45, 2.75) is 82.7 Å². The average molecular weight is 890 g/mol. The van der Waals surface area contributed by atoms with Crippen LogP contribution in [0.1, 0.15) is 85.4 Å². The summed E-state index contributed by atoms with van der Waals surface area (Å²) in [6, 6.07) is 17.6. The average Bonchev–Trinajstić information content (AvgIpc) is 3.62. The van der Waals surface area contributed by atoms with Gasteiger partial charge in [0, 0.05) is 78.4 Å². The van der Waals surface area contributed by atoms with Gasteiger partial charge in [0.1, 0.15) is 22.9 Å². The molecule has 1 aliphatic carbocycles. The highest BCUT2D eigenvalue weighted by Gasteiger charge is 2.59. The normalized spacial score (nSPS) is 21.7. The molecule has 1 amide bonds. The van der Waals surface area contributed by atoms with Crippen molar-refractivity contribution in [1.82, 2.24) is 28.7 Å². The van der Waals surface area contributed by atoms with Gasteiger partial charge < -0.3 is 19.9 Å². The first-order valence-electron chi connectivity index (χ1n) is 21.7. The van der Waals surface area contributed by atoms with Crippen LogP contribution in [0.2, 0.25) is 0 Å². The summed E-state index contributed by atoms with van der Waals surface area (Å²) in [6.45, 7) is 10.7. The zero-order valence-electron chi connectivity index (χ0n) is 36.8. The molecule has 3 N–H and O–H groups in total. The number of nitrogens with one attached hydrogen (secondary N) is 1. The van der Waals surface area contributed by atoms with Crippen molar-refractivity contribution in [3.63, 3.8) is 0 Å². The lowest BCUT2D eigenvalue weighted by Crippen LogP contribution is -2.49. The van der Waals surface area contributed by atoms with Crippen molar-refractivity contribution in [2.24, 2.45) is 21.0 Å². The Hall–Kier alpha value is -6.33. The van der Waals surface area contributed by atoms with Crippen LogP contribution >= 0.6 is 0 Å². The van der Waals surface area contributed by atoms with E-state index in [4.69, 9.17) is 20.0 Å². The van der Waals surface area contributed by atoms with Gasteiger partial charge in [0.25, 0.3) is 5.91 Å². The molecule has 334 valence electrons. The molecule has 1 saturated carbocycles. The van der Waals surface area contributed by atoms with Crippen molar-refractivity contribution >= 4 is 38.1 Å². The summed E-state index contributed by atoms with van der Waals surface area (Å²) >= 11 is 0. The number of H-pyrrole nitrogens is 1. The van der Waals surface area contributed by atoms with Crippen LogP contribution in [0.25, 0.3) is 16.6 Å². The second kappa shape index (κ2) is 16.3. The number of halogens is 1. The van der Waals surface area contributed by atoms with Crippen molar-refractivity contribution in [3.05, 3.63) is 139 Å². The standard InChI is InChI=1S/C47H52FN9O6S/c1-7-64(61,50-6)36-11-9-35(10-12-36)55-18-19-56(46(55)60)42(51-34-22-27(2)41(48)28(3)23-34)40-30(5)54(17-14-37(40)49)43(58)39-25-33-24-32(31-15-20-62-21-16-31)8-13-38(33)57(39)47(26-29(47)4)44-52-45(59)63-53-44/h8-13,18-19,22-25,29-31H,7,14-17,20-21,26,49H2,1-6H3,(H,52,53,59)/t29-,30-,47-,64?/m0/s1. The zero-order chi connectivity index (χ0) is 45.2. The second-order valence-electron chi connectivity index (χ2n) is 17.2. The molecule has 1 saturated heterocycles. The summed E-state index contributed by atoms with van der Waals surface area (Å²) in [5.74, 6) is -0.128. The fourth-order valence-corrected chi connectivity index (χ4v) is 11.1. The Morgan fingerprint density at radius 3 is 2.36 bits per heavy atom. The first kappa shape index (κ1) is 42.9. The third-order valence-corrected chi connectivity index (χ3v) is 15.8. The van der Waals surface area contributed by atoms with E-state index in [1.807, 2.05) is 30.5 Å². The predicted molar refractivity (Wildman–Crippen MR) is 243 cm³/mol. The van der Waals surface area contributed by atoms with E-state index in [1.165, 1.54) is 21.7 Å². The number of rotatable bonds is 9. The lowest BCUT2D eigenvalue weighted by Gasteiger charge is -2.37. The van der Waals surface area contributed by atoms with Gasteiger partial charge in [-0.05, 0) is 123 Å². The molecule has 3 aliphatic rings. The van der Waals surface area contributed by atoms with E-state index in [2.05, 4.69) is 33.6 Å². The van der Waals surface area contributed by atoms with E-state index in [1.54, 1.807) is 67.5 Å². The molecule has 3 aromatic carbocycles. The van der Waals surface area contributed by atoms with Crippen LogP contribution in [0.3, 0.4) is 0 Å². The fraction of sp³-hybridized carbons (Fsp3) is 0.383. The number of fused-ring (bicyclic) bond motifs is 1. The van der Waals surface area contributed by atoms with Crippen molar-refractivity contribution in [3.8, 4) is 5.69 Å². The van der Waals surface area contributed by atoms with E-state index in [0.29, 0.717) is 81.5 Å². The Bertz CT molecular complexity index is 3120. The summed E-state index contributed by atoms with van der Waals surface area (Å²) in [5.41, 5.74) is 10.6. The lowest BCUT2D eigenvalue weighted by atomic mass is 9.91. The number of hydrogen-bond acceptors (Lipinski definition) is 10. The fourth-order valence-electron chi connectivity index (χ4n) is 9.74. The number of carbonyl (C=O) groups excluding carboxylic acids is 1. The largest absolute Gasteiger partial charge is 0.438 e. The molecule has 2 fully saturated rings. The minimum Gasteiger partial charge on any atom is -0.402 e. The Morgan fingerprint density at radius 1 is 1.03 bits per heavy atom. The summed E-state index contributed by atoms with van der Waals surface area (Å²) in [7, 11) is -1.06. The maximum absolute atomic E-state index is 15.4. The number of aryl methyl sites for hydroxylation is 2. The highest BCUT2D eigenvalue weighted by Crippen LogP contribution is 2.56. The van der Waals surface area contributed by atoms with Crippen molar-refractivity contribution < 1.29 is 22.7 Å². The molecule has 3 aromatic heterocycles. The predicted octanol–water partition coefficient (Wildman–Crippen LogP) is 6.91. The van der Waals surface area contributed by atoms with Gasteiger partial charge in [-0.1, -0.05) is 25.1 Å². The molecule has 1 unspecified atom stereocenters. The molecule has 2 aliphatic heterocycles. The number of nitrogens with two attached hydrogens (primary N) is 1. The zero-order valence-corrected chi connectivity index (χ0v) is 37.6. The van der Waals surface area contributed by atoms with Gasteiger partial charge in [0.2, 0.25) is 0 Å². The third kappa shape index (κ3) is 7.14. The van der Waals surface area contributed by atoms with Crippen LogP contribution in [0.4, 0.5) is 10.1 Å². The van der Waals surface area contributed by atoms with E-state index >= 15 is 4.79 Å². The molecular formula is C47H52FN9O6S. The molecule has 6 aromatic rings.